The van der Waals surface area contributed by atoms with Gasteiger partial charge in [0, 0.05) is 6.42 Å². The van der Waals surface area contributed by atoms with E-state index in [0.29, 0.717) is 5.56 Å². The molecule has 176 valence electrons. The summed E-state index contributed by atoms with van der Waals surface area (Å²) in [4.78, 5) is 27.1. The molecule has 0 aliphatic rings. The fraction of sp³-hybridized carbons (Fsp3) is 0.133. The van der Waals surface area contributed by atoms with Crippen molar-refractivity contribution in [3.8, 4) is 0 Å². The first kappa shape index (κ1) is 23.9. The summed E-state index contributed by atoms with van der Waals surface area (Å²) in [6.45, 7) is 0. The predicted molar refractivity (Wildman–Crippen MR) is 133 cm³/mol. The first-order valence-corrected chi connectivity index (χ1v) is 11.4. The molecule has 0 spiro atoms. The Morgan fingerprint density at radius 3 is 1.60 bits per heavy atom. The van der Waals surface area contributed by atoms with Crippen LogP contribution in [0.1, 0.15) is 22.3 Å². The summed E-state index contributed by atoms with van der Waals surface area (Å²) in [6, 6.07) is 33.4. The SMILES string of the molecule is COC(=O)[C@@H](Cc1ccccc1F)NC(=O)C(c1ccccc1)(c1ccccc1)c1ccccc1. The fourth-order valence-electron chi connectivity index (χ4n) is 4.44. The van der Waals surface area contributed by atoms with Gasteiger partial charge in [-0.25, -0.2) is 9.18 Å². The number of carbonyl (C=O) groups excluding carboxylic acids is 2. The smallest absolute Gasteiger partial charge is 0.328 e. The topological polar surface area (TPSA) is 55.4 Å². The van der Waals surface area contributed by atoms with Gasteiger partial charge in [-0.05, 0) is 28.3 Å². The average molecular weight is 468 g/mol. The van der Waals surface area contributed by atoms with Gasteiger partial charge >= 0.3 is 5.97 Å². The zero-order chi connectivity index (χ0) is 24.7. The van der Waals surface area contributed by atoms with Gasteiger partial charge in [-0.2, -0.15) is 0 Å². The second-order valence-electron chi connectivity index (χ2n) is 8.19. The molecule has 0 heterocycles. The number of rotatable bonds is 8. The molecule has 1 atom stereocenters. The largest absolute Gasteiger partial charge is 0.467 e. The van der Waals surface area contributed by atoms with Crippen molar-refractivity contribution in [2.45, 2.75) is 17.9 Å². The summed E-state index contributed by atoms with van der Waals surface area (Å²) in [5, 5.41) is 2.90. The van der Waals surface area contributed by atoms with Crippen molar-refractivity contribution in [2.75, 3.05) is 7.11 Å². The van der Waals surface area contributed by atoms with E-state index in [0.717, 1.165) is 16.7 Å². The van der Waals surface area contributed by atoms with Gasteiger partial charge < -0.3 is 10.1 Å². The van der Waals surface area contributed by atoms with E-state index < -0.39 is 29.2 Å². The lowest BCUT2D eigenvalue weighted by molar-refractivity contribution is -0.145. The fourth-order valence-corrected chi connectivity index (χ4v) is 4.44. The summed E-state index contributed by atoms with van der Waals surface area (Å²) in [5.41, 5.74) is 1.27. The molecule has 4 nitrogen and oxygen atoms in total. The Morgan fingerprint density at radius 1 is 0.743 bits per heavy atom. The van der Waals surface area contributed by atoms with E-state index in [2.05, 4.69) is 5.32 Å². The Bertz CT molecular complexity index is 1180. The number of hydrogen-bond acceptors (Lipinski definition) is 3. The minimum atomic E-state index is -1.26. The van der Waals surface area contributed by atoms with Crippen LogP contribution >= 0.6 is 0 Å². The van der Waals surface area contributed by atoms with Gasteiger partial charge in [0.2, 0.25) is 5.91 Å². The average Bonchev–Trinajstić information content (AvgIpc) is 2.91. The van der Waals surface area contributed by atoms with E-state index >= 15 is 0 Å². The minimum Gasteiger partial charge on any atom is -0.467 e. The molecule has 4 aromatic carbocycles. The monoisotopic (exact) mass is 467 g/mol. The molecule has 4 aromatic rings. The number of benzene rings is 4. The van der Waals surface area contributed by atoms with E-state index in [9.17, 15) is 14.0 Å². The number of nitrogens with one attached hydrogen (secondary N) is 1. The van der Waals surface area contributed by atoms with Gasteiger partial charge in [0.1, 0.15) is 17.3 Å². The van der Waals surface area contributed by atoms with Crippen molar-refractivity contribution >= 4 is 11.9 Å². The zero-order valence-electron chi connectivity index (χ0n) is 19.4. The molecule has 1 N–H and O–H groups in total. The molecule has 35 heavy (non-hydrogen) atoms. The van der Waals surface area contributed by atoms with Gasteiger partial charge in [-0.1, -0.05) is 109 Å². The molecule has 0 radical (unpaired) electrons. The van der Waals surface area contributed by atoms with Crippen molar-refractivity contribution in [3.63, 3.8) is 0 Å². The second-order valence-corrected chi connectivity index (χ2v) is 8.19. The summed E-state index contributed by atoms with van der Waals surface area (Å²) >= 11 is 0. The van der Waals surface area contributed by atoms with E-state index in [1.807, 2.05) is 91.0 Å². The minimum absolute atomic E-state index is 0.0421. The molecular weight excluding hydrogens is 441 g/mol. The Hall–Kier alpha value is -4.25. The van der Waals surface area contributed by atoms with E-state index in [-0.39, 0.29) is 6.42 Å². The molecule has 4 rings (SSSR count). The van der Waals surface area contributed by atoms with Crippen molar-refractivity contribution in [1.82, 2.24) is 5.32 Å². The van der Waals surface area contributed by atoms with Gasteiger partial charge in [0.25, 0.3) is 0 Å². The van der Waals surface area contributed by atoms with E-state index in [1.165, 1.54) is 13.2 Å². The highest BCUT2D eigenvalue weighted by Gasteiger charge is 2.45. The summed E-state index contributed by atoms with van der Waals surface area (Å²) in [5.74, 6) is -1.51. The van der Waals surface area contributed by atoms with Crippen LogP contribution in [0.2, 0.25) is 0 Å². The van der Waals surface area contributed by atoms with Crippen LogP contribution in [0.15, 0.2) is 115 Å². The van der Waals surface area contributed by atoms with Crippen LogP contribution in [0.5, 0.6) is 0 Å². The van der Waals surface area contributed by atoms with Gasteiger partial charge in [0.05, 0.1) is 7.11 Å². The van der Waals surface area contributed by atoms with Crippen LogP contribution in [0, 0.1) is 5.82 Å². The maximum Gasteiger partial charge on any atom is 0.328 e. The number of amides is 1. The van der Waals surface area contributed by atoms with E-state index in [4.69, 9.17) is 4.74 Å². The molecule has 0 saturated carbocycles. The number of esters is 1. The molecule has 0 aromatic heterocycles. The molecule has 0 aliphatic heterocycles. The van der Waals surface area contributed by atoms with Crippen molar-refractivity contribution in [2.24, 2.45) is 0 Å². The quantitative estimate of drug-likeness (QED) is 0.291. The summed E-state index contributed by atoms with van der Waals surface area (Å²) < 4.78 is 19.4. The molecule has 1 amide bonds. The highest BCUT2D eigenvalue weighted by Crippen LogP contribution is 2.39. The van der Waals surface area contributed by atoms with Crippen LogP contribution in [0.25, 0.3) is 0 Å². The Kier molecular flexibility index (Phi) is 7.36. The maximum absolute atomic E-state index is 14.4. The Morgan fingerprint density at radius 2 is 1.17 bits per heavy atom. The molecule has 0 unspecified atom stereocenters. The lowest BCUT2D eigenvalue weighted by Gasteiger charge is -2.35. The molecule has 5 heteroatoms. The lowest BCUT2D eigenvalue weighted by atomic mass is 9.68. The number of methoxy groups -OCH3 is 1. The molecule has 0 bridgehead atoms. The van der Waals surface area contributed by atoms with Crippen molar-refractivity contribution < 1.29 is 18.7 Å². The first-order valence-electron chi connectivity index (χ1n) is 11.4. The maximum atomic E-state index is 14.4. The summed E-state index contributed by atoms with van der Waals surface area (Å²) in [7, 11) is 1.25. The molecule has 0 aliphatic carbocycles. The van der Waals surface area contributed by atoms with Gasteiger partial charge in [0.15, 0.2) is 0 Å². The number of halogens is 1. The Balaban J connectivity index is 1.86. The first-order chi connectivity index (χ1) is 17.1. The zero-order valence-corrected chi connectivity index (χ0v) is 19.4. The highest BCUT2D eigenvalue weighted by atomic mass is 19.1. The summed E-state index contributed by atoms with van der Waals surface area (Å²) in [6.07, 6.45) is -0.0421. The van der Waals surface area contributed by atoms with Crippen LogP contribution in [0.3, 0.4) is 0 Å². The van der Waals surface area contributed by atoms with Gasteiger partial charge in [-0.15, -0.1) is 0 Å². The van der Waals surface area contributed by atoms with Crippen LogP contribution in [0.4, 0.5) is 4.39 Å². The van der Waals surface area contributed by atoms with Crippen molar-refractivity contribution in [1.29, 1.82) is 0 Å². The second kappa shape index (κ2) is 10.8. The standard InChI is InChI=1S/C30H26FNO3/c1-35-28(33)27(21-22-13-11-12-20-26(22)31)32-29(34)30(23-14-5-2-6-15-23,24-16-7-3-8-17-24)25-18-9-4-10-19-25/h2-20,27H,21H2,1H3,(H,32,34)/t27-/m1/s1. The third-order valence-corrected chi connectivity index (χ3v) is 6.13. The van der Waals surface area contributed by atoms with E-state index in [1.54, 1.807) is 18.2 Å². The van der Waals surface area contributed by atoms with Crippen LogP contribution in [-0.4, -0.2) is 25.0 Å². The lowest BCUT2D eigenvalue weighted by Crippen LogP contribution is -2.53. The third kappa shape index (κ3) is 4.85. The Labute approximate surface area is 204 Å². The molecule has 0 fully saturated rings. The van der Waals surface area contributed by atoms with Crippen molar-refractivity contribution in [3.05, 3.63) is 143 Å². The predicted octanol–water partition coefficient (Wildman–Crippen LogP) is 5.06. The molecular formula is C30H26FNO3. The third-order valence-electron chi connectivity index (χ3n) is 6.13. The number of hydrogen-bond donors (Lipinski definition) is 1. The molecule has 0 saturated heterocycles. The number of carbonyl (C=O) groups is 2. The van der Waals surface area contributed by atoms with Crippen LogP contribution < -0.4 is 5.32 Å². The normalized spacial score (nSPS) is 11.9. The highest BCUT2D eigenvalue weighted by molar-refractivity contribution is 5.98. The van der Waals surface area contributed by atoms with Crippen LogP contribution in [-0.2, 0) is 26.2 Å². The van der Waals surface area contributed by atoms with Gasteiger partial charge in [-0.3, -0.25) is 4.79 Å². The number of ether oxygens (including phenoxy) is 1.